The molecule has 0 unspecified atom stereocenters. The maximum atomic E-state index is 12.6. The molecular formula is C22H17BrN4O. The molecule has 0 atom stereocenters. The molecule has 0 bridgehead atoms. The predicted octanol–water partition coefficient (Wildman–Crippen LogP) is 5.01. The van der Waals surface area contributed by atoms with Gasteiger partial charge in [-0.05, 0) is 24.3 Å². The van der Waals surface area contributed by atoms with E-state index >= 15 is 0 Å². The van der Waals surface area contributed by atoms with E-state index in [9.17, 15) is 4.79 Å². The molecule has 4 rings (SSSR count). The Morgan fingerprint density at radius 3 is 2.11 bits per heavy atom. The van der Waals surface area contributed by atoms with E-state index in [-0.39, 0.29) is 12.5 Å². The molecule has 4 aromatic rings. The highest BCUT2D eigenvalue weighted by atomic mass is 79.9. The number of nitrogens with one attached hydrogen (secondary N) is 1. The zero-order valence-corrected chi connectivity index (χ0v) is 16.5. The maximum absolute atomic E-state index is 12.6. The molecule has 0 fully saturated rings. The van der Waals surface area contributed by atoms with Crippen LogP contribution in [0, 0.1) is 0 Å². The van der Waals surface area contributed by atoms with Crippen molar-refractivity contribution in [2.45, 2.75) is 6.54 Å². The van der Waals surface area contributed by atoms with Crippen LogP contribution >= 0.6 is 15.9 Å². The summed E-state index contributed by atoms with van der Waals surface area (Å²) >= 11 is 3.39. The molecule has 0 aliphatic rings. The molecule has 0 saturated heterocycles. The Balaban J connectivity index is 1.64. The van der Waals surface area contributed by atoms with Crippen molar-refractivity contribution in [3.63, 3.8) is 0 Å². The van der Waals surface area contributed by atoms with Gasteiger partial charge in [0.1, 0.15) is 6.54 Å². The van der Waals surface area contributed by atoms with Crippen LogP contribution in [0.25, 0.3) is 22.8 Å². The molecule has 0 spiro atoms. The number of aromatic nitrogens is 3. The first-order valence-electron chi connectivity index (χ1n) is 8.80. The highest BCUT2D eigenvalue weighted by Crippen LogP contribution is 2.22. The Labute approximate surface area is 171 Å². The second-order valence-corrected chi connectivity index (χ2v) is 7.12. The normalized spacial score (nSPS) is 10.6. The van der Waals surface area contributed by atoms with Crippen LogP contribution in [0.2, 0.25) is 0 Å². The smallest absolute Gasteiger partial charge is 0.246 e. The van der Waals surface area contributed by atoms with E-state index in [4.69, 9.17) is 0 Å². The van der Waals surface area contributed by atoms with E-state index in [2.05, 4.69) is 31.3 Å². The lowest BCUT2D eigenvalue weighted by atomic mass is 10.2. The highest BCUT2D eigenvalue weighted by Gasteiger charge is 2.16. The van der Waals surface area contributed by atoms with Gasteiger partial charge in [0.05, 0.1) is 0 Å². The molecule has 0 radical (unpaired) electrons. The standard InChI is InChI=1S/C22H17BrN4O/c23-18-11-13-19(14-12-18)24-20(28)15-27-22(17-9-5-2-6-10-17)25-21(26-27)16-7-3-1-4-8-16/h1-14H,15H2,(H,24,28). The van der Waals surface area contributed by atoms with Crippen molar-refractivity contribution in [3.8, 4) is 22.8 Å². The monoisotopic (exact) mass is 432 g/mol. The van der Waals surface area contributed by atoms with Crippen LogP contribution in [-0.4, -0.2) is 20.7 Å². The van der Waals surface area contributed by atoms with E-state index < -0.39 is 0 Å². The lowest BCUT2D eigenvalue weighted by Gasteiger charge is -2.07. The predicted molar refractivity (Wildman–Crippen MR) is 114 cm³/mol. The third-order valence-electron chi connectivity index (χ3n) is 4.16. The Bertz CT molecular complexity index is 1080. The number of carbonyl (C=O) groups is 1. The number of benzene rings is 3. The van der Waals surface area contributed by atoms with Gasteiger partial charge in [-0.2, -0.15) is 0 Å². The Kier molecular flexibility index (Phi) is 5.30. The van der Waals surface area contributed by atoms with Gasteiger partial charge in [0.2, 0.25) is 5.91 Å². The topological polar surface area (TPSA) is 59.8 Å². The molecule has 1 N–H and O–H groups in total. The van der Waals surface area contributed by atoms with Crippen LogP contribution in [0.1, 0.15) is 0 Å². The molecule has 1 amide bonds. The van der Waals surface area contributed by atoms with Crippen molar-refractivity contribution in [1.29, 1.82) is 0 Å². The van der Waals surface area contributed by atoms with E-state index in [0.717, 1.165) is 21.3 Å². The quantitative estimate of drug-likeness (QED) is 0.481. The van der Waals surface area contributed by atoms with Gasteiger partial charge in [0.15, 0.2) is 11.6 Å². The first-order valence-corrected chi connectivity index (χ1v) is 9.59. The number of nitrogens with zero attached hydrogens (tertiary/aromatic N) is 3. The minimum absolute atomic E-state index is 0.0696. The number of anilines is 1. The van der Waals surface area contributed by atoms with Gasteiger partial charge in [-0.1, -0.05) is 76.6 Å². The third kappa shape index (κ3) is 4.18. The second kappa shape index (κ2) is 8.19. The van der Waals surface area contributed by atoms with Crippen molar-refractivity contribution < 1.29 is 4.79 Å². The minimum Gasteiger partial charge on any atom is -0.324 e. The van der Waals surface area contributed by atoms with Crippen LogP contribution in [0.5, 0.6) is 0 Å². The first kappa shape index (κ1) is 18.1. The van der Waals surface area contributed by atoms with E-state index in [1.807, 2.05) is 84.9 Å². The van der Waals surface area contributed by atoms with Gasteiger partial charge in [-0.15, -0.1) is 5.10 Å². The van der Waals surface area contributed by atoms with Gasteiger partial charge in [0, 0.05) is 21.3 Å². The maximum Gasteiger partial charge on any atom is 0.246 e. The Morgan fingerprint density at radius 1 is 0.857 bits per heavy atom. The van der Waals surface area contributed by atoms with Crippen LogP contribution in [-0.2, 0) is 11.3 Å². The summed E-state index contributed by atoms with van der Waals surface area (Å²) in [5.41, 5.74) is 2.55. The Hall–Kier alpha value is -3.25. The largest absolute Gasteiger partial charge is 0.324 e. The number of hydrogen-bond donors (Lipinski definition) is 1. The van der Waals surface area contributed by atoms with Crippen molar-refractivity contribution in [3.05, 3.63) is 89.4 Å². The Morgan fingerprint density at radius 2 is 1.46 bits per heavy atom. The number of rotatable bonds is 5. The molecular weight excluding hydrogens is 416 g/mol. The fourth-order valence-corrected chi connectivity index (χ4v) is 3.10. The number of halogens is 1. The summed E-state index contributed by atoms with van der Waals surface area (Å²) in [4.78, 5) is 17.3. The zero-order chi connectivity index (χ0) is 19.3. The molecule has 1 heterocycles. The number of hydrogen-bond acceptors (Lipinski definition) is 3. The van der Waals surface area contributed by atoms with Crippen molar-refractivity contribution >= 4 is 27.5 Å². The fourth-order valence-electron chi connectivity index (χ4n) is 2.83. The highest BCUT2D eigenvalue weighted by molar-refractivity contribution is 9.10. The molecule has 0 saturated carbocycles. The van der Waals surface area contributed by atoms with Crippen LogP contribution in [0.15, 0.2) is 89.4 Å². The summed E-state index contributed by atoms with van der Waals surface area (Å²) in [6.07, 6.45) is 0. The summed E-state index contributed by atoms with van der Waals surface area (Å²) in [7, 11) is 0. The van der Waals surface area contributed by atoms with Crippen LogP contribution in [0.3, 0.4) is 0 Å². The van der Waals surface area contributed by atoms with Crippen molar-refractivity contribution in [2.75, 3.05) is 5.32 Å². The molecule has 0 aliphatic carbocycles. The minimum atomic E-state index is -0.163. The lowest BCUT2D eigenvalue weighted by Crippen LogP contribution is -2.20. The zero-order valence-electron chi connectivity index (χ0n) is 14.9. The summed E-state index contributed by atoms with van der Waals surface area (Å²) in [5.74, 6) is 1.09. The average Bonchev–Trinajstić information content (AvgIpc) is 3.15. The molecule has 5 nitrogen and oxygen atoms in total. The van der Waals surface area contributed by atoms with Gasteiger partial charge < -0.3 is 5.32 Å². The summed E-state index contributed by atoms with van der Waals surface area (Å²) in [6, 6.07) is 27.0. The van der Waals surface area contributed by atoms with Gasteiger partial charge >= 0.3 is 0 Å². The summed E-state index contributed by atoms with van der Waals surface area (Å²) < 4.78 is 2.60. The first-order chi connectivity index (χ1) is 13.7. The molecule has 3 aromatic carbocycles. The molecule has 28 heavy (non-hydrogen) atoms. The number of carbonyl (C=O) groups excluding carboxylic acids is 1. The number of amides is 1. The van der Waals surface area contributed by atoms with Gasteiger partial charge in [0.25, 0.3) is 0 Å². The van der Waals surface area contributed by atoms with Crippen molar-refractivity contribution in [1.82, 2.24) is 14.8 Å². The van der Waals surface area contributed by atoms with Gasteiger partial charge in [-0.25, -0.2) is 9.67 Å². The molecule has 6 heteroatoms. The lowest BCUT2D eigenvalue weighted by molar-refractivity contribution is -0.116. The summed E-state index contributed by atoms with van der Waals surface area (Å²) in [5, 5.41) is 7.49. The van der Waals surface area contributed by atoms with Gasteiger partial charge in [-0.3, -0.25) is 4.79 Å². The van der Waals surface area contributed by atoms with E-state index in [1.54, 1.807) is 4.68 Å². The fraction of sp³-hybridized carbons (Fsp3) is 0.0455. The molecule has 0 aliphatic heterocycles. The average molecular weight is 433 g/mol. The second-order valence-electron chi connectivity index (χ2n) is 6.20. The third-order valence-corrected chi connectivity index (χ3v) is 4.69. The van der Waals surface area contributed by atoms with E-state index in [0.29, 0.717) is 11.6 Å². The van der Waals surface area contributed by atoms with Crippen LogP contribution < -0.4 is 5.32 Å². The van der Waals surface area contributed by atoms with Crippen LogP contribution in [0.4, 0.5) is 5.69 Å². The molecule has 1 aromatic heterocycles. The SMILES string of the molecule is O=C(Cn1nc(-c2ccccc2)nc1-c1ccccc1)Nc1ccc(Br)cc1. The molecule has 138 valence electrons. The summed E-state index contributed by atoms with van der Waals surface area (Å²) in [6.45, 7) is 0.0696. The van der Waals surface area contributed by atoms with Crippen molar-refractivity contribution in [2.24, 2.45) is 0 Å². The van der Waals surface area contributed by atoms with E-state index in [1.165, 1.54) is 0 Å².